The summed E-state index contributed by atoms with van der Waals surface area (Å²) in [6, 6.07) is 39.1. The summed E-state index contributed by atoms with van der Waals surface area (Å²) in [7, 11) is 0. The molecule has 0 aromatic heterocycles. The van der Waals surface area contributed by atoms with Gasteiger partial charge in [0.05, 0.1) is 26.2 Å². The van der Waals surface area contributed by atoms with Crippen LogP contribution >= 0.6 is 0 Å². The van der Waals surface area contributed by atoms with Crippen LogP contribution in [0, 0.1) is 6.92 Å². The number of rotatable bonds is 6. The van der Waals surface area contributed by atoms with Crippen molar-refractivity contribution in [3.05, 3.63) is 155 Å². The average Bonchev–Trinajstić information content (AvgIpc) is 3.11. The molecule has 0 bridgehead atoms. The highest BCUT2D eigenvalue weighted by Crippen LogP contribution is 2.51. The number of piperidine rings is 2. The standard InChI is InChI=1S/C44H45F3N/c1-33-11-13-34(14-12-33)36-17-23-40(24-18-36)43(44(45,46)47,39-9-5-3-6-10-39)41-25-19-37(20-26-41)35-15-21-38(22-16-35)42(2)27-31-48(32-28-42)29-7-4-8-30-48/h3,5-6,9-26H,4,7-8,27-32H2,1-2H3/q+1. The largest absolute Gasteiger partial charge is 0.406 e. The van der Waals surface area contributed by atoms with Crippen molar-refractivity contribution < 1.29 is 17.7 Å². The van der Waals surface area contributed by atoms with Crippen LogP contribution in [0.2, 0.25) is 0 Å². The van der Waals surface area contributed by atoms with E-state index in [1.807, 2.05) is 43.3 Å². The summed E-state index contributed by atoms with van der Waals surface area (Å²) in [5.74, 6) is 0. The van der Waals surface area contributed by atoms with Crippen LogP contribution in [0.1, 0.15) is 66.8 Å². The van der Waals surface area contributed by atoms with Gasteiger partial charge in [-0.3, -0.25) is 0 Å². The number of halogens is 3. The molecule has 7 rings (SSSR count). The minimum absolute atomic E-state index is 0.167. The Morgan fingerprint density at radius 2 is 0.917 bits per heavy atom. The molecule has 0 aliphatic carbocycles. The Morgan fingerprint density at radius 3 is 1.38 bits per heavy atom. The molecular weight excluding hydrogens is 599 g/mol. The summed E-state index contributed by atoms with van der Waals surface area (Å²) in [6.45, 7) is 9.62. The fourth-order valence-electron chi connectivity index (χ4n) is 8.44. The van der Waals surface area contributed by atoms with E-state index in [0.29, 0.717) is 0 Å². The van der Waals surface area contributed by atoms with Crippen LogP contribution in [0.15, 0.2) is 127 Å². The van der Waals surface area contributed by atoms with E-state index in [9.17, 15) is 0 Å². The highest BCUT2D eigenvalue weighted by Gasteiger charge is 2.58. The summed E-state index contributed by atoms with van der Waals surface area (Å²) in [5.41, 5.74) is 4.74. The molecule has 5 aromatic rings. The number of nitrogens with zero attached hydrogens (tertiary/aromatic N) is 1. The molecule has 2 aliphatic heterocycles. The van der Waals surface area contributed by atoms with Gasteiger partial charge in [0, 0.05) is 18.3 Å². The first-order valence-corrected chi connectivity index (χ1v) is 17.5. The summed E-state index contributed by atoms with van der Waals surface area (Å²) in [6.07, 6.45) is 1.91. The molecule has 2 saturated heterocycles. The predicted molar refractivity (Wildman–Crippen MR) is 191 cm³/mol. The Kier molecular flexibility index (Phi) is 8.58. The van der Waals surface area contributed by atoms with E-state index >= 15 is 13.2 Å². The van der Waals surface area contributed by atoms with E-state index < -0.39 is 11.6 Å². The van der Waals surface area contributed by atoms with Gasteiger partial charge in [0.15, 0.2) is 0 Å². The van der Waals surface area contributed by atoms with Crippen LogP contribution in [0.3, 0.4) is 0 Å². The molecule has 4 heteroatoms. The van der Waals surface area contributed by atoms with Gasteiger partial charge in [0.2, 0.25) is 0 Å². The van der Waals surface area contributed by atoms with Crippen molar-refractivity contribution in [1.82, 2.24) is 0 Å². The van der Waals surface area contributed by atoms with Gasteiger partial charge in [-0.05, 0) is 70.7 Å². The molecule has 5 aromatic carbocycles. The van der Waals surface area contributed by atoms with Gasteiger partial charge in [-0.2, -0.15) is 13.2 Å². The third-order valence-corrected chi connectivity index (χ3v) is 11.6. The monoisotopic (exact) mass is 644 g/mol. The van der Waals surface area contributed by atoms with Gasteiger partial charge in [0.25, 0.3) is 0 Å². The Hall–Kier alpha value is -4.15. The minimum atomic E-state index is -4.59. The van der Waals surface area contributed by atoms with Gasteiger partial charge in [-0.15, -0.1) is 0 Å². The van der Waals surface area contributed by atoms with Crippen LogP contribution in [0.5, 0.6) is 0 Å². The molecule has 2 fully saturated rings. The molecule has 0 radical (unpaired) electrons. The SMILES string of the molecule is Cc1ccc(-c2ccc(C(c3ccccc3)(c3ccc(-c4ccc(C5(C)CC[N+]6(CCCCC6)CC5)cc4)cc3)C(F)(F)F)cc2)cc1. The molecule has 246 valence electrons. The van der Waals surface area contributed by atoms with E-state index in [2.05, 4.69) is 31.2 Å². The number of quaternary nitrogens is 1. The number of aryl methyl sites for hydroxylation is 1. The zero-order chi connectivity index (χ0) is 33.4. The molecule has 48 heavy (non-hydrogen) atoms. The second-order valence-electron chi connectivity index (χ2n) is 14.6. The molecular formula is C44H45F3N+. The topological polar surface area (TPSA) is 0 Å². The smallest absolute Gasteiger partial charge is 0.324 e. The van der Waals surface area contributed by atoms with E-state index in [1.165, 1.54) is 68.3 Å². The number of benzene rings is 5. The van der Waals surface area contributed by atoms with Crippen LogP contribution in [0.4, 0.5) is 13.2 Å². The summed E-state index contributed by atoms with van der Waals surface area (Å²) in [5, 5.41) is 0. The van der Waals surface area contributed by atoms with Crippen molar-refractivity contribution >= 4 is 0 Å². The Labute approximate surface area is 283 Å². The van der Waals surface area contributed by atoms with Crippen LogP contribution in [-0.4, -0.2) is 36.8 Å². The van der Waals surface area contributed by atoms with Crippen LogP contribution in [-0.2, 0) is 10.8 Å². The Morgan fingerprint density at radius 1 is 0.500 bits per heavy atom. The van der Waals surface area contributed by atoms with Crippen molar-refractivity contribution in [2.45, 2.75) is 63.0 Å². The van der Waals surface area contributed by atoms with E-state index in [4.69, 9.17) is 0 Å². The summed E-state index contributed by atoms with van der Waals surface area (Å²) >= 11 is 0. The molecule has 0 amide bonds. The molecule has 2 heterocycles. The molecule has 0 N–H and O–H groups in total. The van der Waals surface area contributed by atoms with Crippen LogP contribution in [0.25, 0.3) is 22.3 Å². The normalized spacial score (nSPS) is 18.7. The molecule has 1 nitrogen and oxygen atoms in total. The maximum atomic E-state index is 15.7. The van der Waals surface area contributed by atoms with E-state index in [1.54, 1.807) is 66.7 Å². The fourth-order valence-corrected chi connectivity index (χ4v) is 8.44. The summed E-state index contributed by atoms with van der Waals surface area (Å²) < 4.78 is 48.4. The third-order valence-electron chi connectivity index (χ3n) is 11.6. The molecule has 0 saturated carbocycles. The lowest BCUT2D eigenvalue weighted by Crippen LogP contribution is -2.58. The maximum absolute atomic E-state index is 15.7. The molecule has 2 aliphatic rings. The lowest BCUT2D eigenvalue weighted by molar-refractivity contribution is -0.938. The van der Waals surface area contributed by atoms with E-state index in [-0.39, 0.29) is 22.1 Å². The number of alkyl halides is 3. The zero-order valence-corrected chi connectivity index (χ0v) is 28.1. The maximum Gasteiger partial charge on any atom is 0.406 e. The summed E-state index contributed by atoms with van der Waals surface area (Å²) in [4.78, 5) is 0. The lowest BCUT2D eigenvalue weighted by atomic mass is 9.68. The number of hydrogen-bond acceptors (Lipinski definition) is 0. The quantitative estimate of drug-likeness (QED) is 0.127. The Balaban J connectivity index is 1.20. The van der Waals surface area contributed by atoms with Crippen molar-refractivity contribution in [3.63, 3.8) is 0 Å². The van der Waals surface area contributed by atoms with Crippen molar-refractivity contribution in [2.75, 3.05) is 26.2 Å². The third kappa shape index (κ3) is 5.89. The van der Waals surface area contributed by atoms with Gasteiger partial charge >= 0.3 is 6.18 Å². The highest BCUT2D eigenvalue weighted by molar-refractivity contribution is 5.68. The Bertz CT molecular complexity index is 1810. The second-order valence-corrected chi connectivity index (χ2v) is 14.6. The lowest BCUT2D eigenvalue weighted by Gasteiger charge is -2.49. The van der Waals surface area contributed by atoms with Gasteiger partial charge in [-0.25, -0.2) is 0 Å². The first-order chi connectivity index (χ1) is 23.1. The second kappa shape index (κ2) is 12.7. The van der Waals surface area contributed by atoms with Crippen LogP contribution < -0.4 is 0 Å². The number of hydrogen-bond donors (Lipinski definition) is 0. The predicted octanol–water partition coefficient (Wildman–Crippen LogP) is 11.3. The highest BCUT2D eigenvalue weighted by atomic mass is 19.4. The van der Waals surface area contributed by atoms with Gasteiger partial charge in [0.1, 0.15) is 5.41 Å². The molecule has 1 atom stereocenters. The zero-order valence-electron chi connectivity index (χ0n) is 28.1. The fraction of sp³-hybridized carbons (Fsp3) is 0.318. The van der Waals surface area contributed by atoms with Gasteiger partial charge in [-0.1, -0.05) is 140 Å². The van der Waals surface area contributed by atoms with Crippen molar-refractivity contribution in [1.29, 1.82) is 0 Å². The van der Waals surface area contributed by atoms with Crippen molar-refractivity contribution in [2.24, 2.45) is 0 Å². The van der Waals surface area contributed by atoms with Crippen molar-refractivity contribution in [3.8, 4) is 22.3 Å². The average molecular weight is 645 g/mol. The minimum Gasteiger partial charge on any atom is -0.324 e. The molecule has 1 unspecified atom stereocenters. The first kappa shape index (κ1) is 32.4. The van der Waals surface area contributed by atoms with Gasteiger partial charge < -0.3 is 4.48 Å². The first-order valence-electron chi connectivity index (χ1n) is 17.5. The van der Waals surface area contributed by atoms with E-state index in [0.717, 1.165) is 27.8 Å². The molecule has 1 spiro atoms.